The first-order valence-corrected chi connectivity index (χ1v) is 8.01. The van der Waals surface area contributed by atoms with Gasteiger partial charge in [0.2, 0.25) is 5.91 Å². The first-order valence-electron chi connectivity index (χ1n) is 8.01. The van der Waals surface area contributed by atoms with Crippen LogP contribution in [0.15, 0.2) is 0 Å². The lowest BCUT2D eigenvalue weighted by Crippen LogP contribution is -2.25. The lowest BCUT2D eigenvalue weighted by atomic mass is 10.1. The van der Waals surface area contributed by atoms with E-state index in [1.807, 2.05) is 0 Å². The Morgan fingerprint density at radius 2 is 1.40 bits per heavy atom. The number of carbonyl (C=O) groups excluding carboxylic acids is 1. The van der Waals surface area contributed by atoms with Crippen molar-refractivity contribution in [1.29, 1.82) is 0 Å². The van der Waals surface area contributed by atoms with Crippen LogP contribution in [0, 0.1) is 5.92 Å². The highest BCUT2D eigenvalue weighted by Crippen LogP contribution is 2.09. The summed E-state index contributed by atoms with van der Waals surface area (Å²) in [5.41, 5.74) is 0. The number of amides is 1. The number of hydrogen-bond donors (Lipinski definition) is 2. The molecule has 1 amide bonds. The Kier molecular flexibility index (Phi) is 12.3. The molecule has 0 radical (unpaired) electrons. The summed E-state index contributed by atoms with van der Waals surface area (Å²) < 4.78 is 0. The quantitative estimate of drug-likeness (QED) is 0.506. The van der Waals surface area contributed by atoms with Gasteiger partial charge in [-0.3, -0.25) is 9.59 Å². The molecule has 0 atom stereocenters. The molecule has 0 bridgehead atoms. The molecule has 0 aromatic rings. The van der Waals surface area contributed by atoms with Crippen molar-refractivity contribution in [2.24, 2.45) is 5.92 Å². The van der Waals surface area contributed by atoms with Crippen molar-refractivity contribution in [1.82, 2.24) is 5.32 Å². The van der Waals surface area contributed by atoms with Crippen LogP contribution >= 0.6 is 0 Å². The van der Waals surface area contributed by atoms with Crippen LogP contribution in [0.4, 0.5) is 0 Å². The number of nitrogens with one attached hydrogen (secondary N) is 1. The number of carboxylic acids is 1. The van der Waals surface area contributed by atoms with Gasteiger partial charge in [0.15, 0.2) is 0 Å². The van der Waals surface area contributed by atoms with Gasteiger partial charge in [-0.05, 0) is 18.8 Å². The Morgan fingerprint density at radius 1 is 0.900 bits per heavy atom. The minimum atomic E-state index is -0.690. The van der Waals surface area contributed by atoms with Gasteiger partial charge in [0.25, 0.3) is 0 Å². The lowest BCUT2D eigenvalue weighted by molar-refractivity contribution is -0.137. The monoisotopic (exact) mass is 285 g/mol. The van der Waals surface area contributed by atoms with Gasteiger partial charge in [0, 0.05) is 19.4 Å². The van der Waals surface area contributed by atoms with Crippen LogP contribution in [-0.4, -0.2) is 23.5 Å². The molecule has 20 heavy (non-hydrogen) atoms. The molecular formula is C16H31NO3. The second-order valence-corrected chi connectivity index (χ2v) is 5.92. The molecule has 0 aliphatic carbocycles. The van der Waals surface area contributed by atoms with Crippen molar-refractivity contribution < 1.29 is 14.7 Å². The number of carbonyl (C=O) groups is 2. The maximum atomic E-state index is 11.4. The van der Waals surface area contributed by atoms with Gasteiger partial charge in [-0.1, -0.05) is 52.4 Å². The summed E-state index contributed by atoms with van der Waals surface area (Å²) in [6, 6.07) is 0. The summed E-state index contributed by atoms with van der Waals surface area (Å²) in [5, 5.41) is 11.4. The van der Waals surface area contributed by atoms with E-state index >= 15 is 0 Å². The van der Waals surface area contributed by atoms with Crippen molar-refractivity contribution in [3.8, 4) is 0 Å². The standard InChI is InChI=1S/C16H31NO3/c1-14(2)13-15(18)17-12-10-8-6-4-3-5-7-9-11-16(19)20/h14H,3-13H2,1-2H3,(H,17,18)(H,19,20). The van der Waals surface area contributed by atoms with E-state index in [9.17, 15) is 9.59 Å². The Balaban J connectivity index is 3.13. The summed E-state index contributed by atoms with van der Waals surface area (Å²) in [6.07, 6.45) is 9.73. The van der Waals surface area contributed by atoms with Crippen LogP contribution < -0.4 is 5.32 Å². The molecule has 0 unspecified atom stereocenters. The van der Waals surface area contributed by atoms with Crippen molar-refractivity contribution in [2.45, 2.75) is 78.1 Å². The SMILES string of the molecule is CC(C)CC(=O)NCCCCCCCCCCC(=O)O. The normalized spacial score (nSPS) is 10.8. The fraction of sp³-hybridized carbons (Fsp3) is 0.875. The zero-order chi connectivity index (χ0) is 15.2. The lowest BCUT2D eigenvalue weighted by Gasteiger charge is -2.07. The van der Waals surface area contributed by atoms with Crippen LogP contribution in [-0.2, 0) is 9.59 Å². The first kappa shape index (κ1) is 18.9. The second-order valence-electron chi connectivity index (χ2n) is 5.92. The van der Waals surface area contributed by atoms with Crippen LogP contribution in [0.2, 0.25) is 0 Å². The van der Waals surface area contributed by atoms with Gasteiger partial charge in [-0.25, -0.2) is 0 Å². The van der Waals surface area contributed by atoms with Gasteiger partial charge in [-0.15, -0.1) is 0 Å². The average Bonchev–Trinajstić information content (AvgIpc) is 2.34. The maximum Gasteiger partial charge on any atom is 0.303 e. The van der Waals surface area contributed by atoms with Gasteiger partial charge in [0.05, 0.1) is 0 Å². The molecule has 0 fully saturated rings. The predicted molar refractivity (Wildman–Crippen MR) is 81.7 cm³/mol. The molecule has 0 saturated carbocycles. The Morgan fingerprint density at radius 3 is 1.90 bits per heavy atom. The van der Waals surface area contributed by atoms with E-state index in [1.165, 1.54) is 19.3 Å². The molecule has 0 aliphatic heterocycles. The summed E-state index contributed by atoms with van der Waals surface area (Å²) in [4.78, 5) is 21.7. The Hall–Kier alpha value is -1.06. The third-order valence-corrected chi connectivity index (χ3v) is 3.23. The molecule has 0 rings (SSSR count). The summed E-state index contributed by atoms with van der Waals surface area (Å²) in [5.74, 6) is -0.0981. The number of unbranched alkanes of at least 4 members (excludes halogenated alkanes) is 7. The third-order valence-electron chi connectivity index (χ3n) is 3.23. The molecule has 0 spiro atoms. The van der Waals surface area contributed by atoms with Gasteiger partial charge in [-0.2, -0.15) is 0 Å². The maximum absolute atomic E-state index is 11.4. The molecule has 0 saturated heterocycles. The van der Waals surface area contributed by atoms with Gasteiger partial charge >= 0.3 is 5.97 Å². The van der Waals surface area contributed by atoms with E-state index in [1.54, 1.807) is 0 Å². The number of carboxylic acid groups (broad SMARTS) is 1. The molecule has 118 valence electrons. The van der Waals surface area contributed by atoms with Crippen LogP contribution in [0.25, 0.3) is 0 Å². The van der Waals surface area contributed by atoms with E-state index in [2.05, 4.69) is 19.2 Å². The Bertz CT molecular complexity index is 264. The second kappa shape index (κ2) is 12.9. The largest absolute Gasteiger partial charge is 0.481 e. The molecule has 0 heterocycles. The summed E-state index contributed by atoms with van der Waals surface area (Å²) in [7, 11) is 0. The fourth-order valence-electron chi connectivity index (χ4n) is 2.13. The van der Waals surface area contributed by atoms with Gasteiger partial charge < -0.3 is 10.4 Å². The van der Waals surface area contributed by atoms with Crippen molar-refractivity contribution in [3.63, 3.8) is 0 Å². The highest BCUT2D eigenvalue weighted by Gasteiger charge is 2.03. The molecule has 4 nitrogen and oxygen atoms in total. The van der Waals surface area contributed by atoms with E-state index in [-0.39, 0.29) is 5.91 Å². The minimum absolute atomic E-state index is 0.165. The minimum Gasteiger partial charge on any atom is -0.481 e. The highest BCUT2D eigenvalue weighted by molar-refractivity contribution is 5.75. The topological polar surface area (TPSA) is 66.4 Å². The summed E-state index contributed by atoms with van der Waals surface area (Å²) in [6.45, 7) is 4.90. The van der Waals surface area contributed by atoms with Gasteiger partial charge in [0.1, 0.15) is 0 Å². The highest BCUT2D eigenvalue weighted by atomic mass is 16.4. The average molecular weight is 285 g/mol. The van der Waals surface area contributed by atoms with E-state index in [0.717, 1.165) is 38.6 Å². The van der Waals surface area contributed by atoms with E-state index in [0.29, 0.717) is 18.8 Å². The number of rotatable bonds is 13. The van der Waals surface area contributed by atoms with Crippen molar-refractivity contribution in [2.75, 3.05) is 6.54 Å². The van der Waals surface area contributed by atoms with Crippen LogP contribution in [0.5, 0.6) is 0 Å². The summed E-state index contributed by atoms with van der Waals surface area (Å²) >= 11 is 0. The molecule has 0 aliphatic rings. The molecule has 0 aromatic heterocycles. The van der Waals surface area contributed by atoms with E-state index < -0.39 is 5.97 Å². The first-order chi connectivity index (χ1) is 9.52. The zero-order valence-electron chi connectivity index (χ0n) is 13.1. The van der Waals surface area contributed by atoms with Crippen molar-refractivity contribution in [3.05, 3.63) is 0 Å². The molecular weight excluding hydrogens is 254 g/mol. The fourth-order valence-corrected chi connectivity index (χ4v) is 2.13. The van der Waals surface area contributed by atoms with Crippen LogP contribution in [0.3, 0.4) is 0 Å². The third kappa shape index (κ3) is 15.0. The zero-order valence-corrected chi connectivity index (χ0v) is 13.1. The van der Waals surface area contributed by atoms with Crippen LogP contribution in [0.1, 0.15) is 78.1 Å². The smallest absolute Gasteiger partial charge is 0.303 e. The predicted octanol–water partition coefficient (Wildman–Crippen LogP) is 3.74. The Labute approximate surface area is 123 Å². The van der Waals surface area contributed by atoms with E-state index in [4.69, 9.17) is 5.11 Å². The number of hydrogen-bond acceptors (Lipinski definition) is 2. The molecule has 0 aromatic carbocycles. The number of aliphatic carboxylic acids is 1. The molecule has 2 N–H and O–H groups in total. The van der Waals surface area contributed by atoms with Crippen molar-refractivity contribution >= 4 is 11.9 Å². The molecule has 4 heteroatoms.